The second kappa shape index (κ2) is 8.29. The number of nitrogens with zero attached hydrogens (tertiary/aromatic N) is 2. The minimum atomic E-state index is -0.316. The summed E-state index contributed by atoms with van der Waals surface area (Å²) >= 11 is 0. The third-order valence-corrected chi connectivity index (χ3v) is 3.80. The Morgan fingerprint density at radius 3 is 2.65 bits per heavy atom. The topological polar surface area (TPSA) is 54.5 Å². The Morgan fingerprint density at radius 2 is 2.00 bits per heavy atom. The first-order valence-corrected chi connectivity index (χ1v) is 7.68. The highest BCUT2D eigenvalue weighted by Crippen LogP contribution is 2.20. The van der Waals surface area contributed by atoms with Crippen molar-refractivity contribution in [2.24, 2.45) is 0 Å². The molecule has 1 N–H and O–H groups in total. The van der Waals surface area contributed by atoms with Crippen LogP contribution in [0.15, 0.2) is 48.7 Å². The fourth-order valence-electron chi connectivity index (χ4n) is 2.45. The van der Waals surface area contributed by atoms with Crippen LogP contribution in [-0.4, -0.2) is 36.5 Å². The van der Waals surface area contributed by atoms with E-state index >= 15 is 0 Å². The average Bonchev–Trinajstić information content (AvgIpc) is 2.61. The van der Waals surface area contributed by atoms with E-state index in [9.17, 15) is 4.79 Å². The number of hydrogen-bond acceptors (Lipinski definition) is 4. The lowest BCUT2D eigenvalue weighted by Gasteiger charge is -2.26. The second-order valence-corrected chi connectivity index (χ2v) is 5.28. The fourth-order valence-corrected chi connectivity index (χ4v) is 2.45. The van der Waals surface area contributed by atoms with Crippen LogP contribution >= 0.6 is 0 Å². The average molecular weight is 313 g/mol. The second-order valence-electron chi connectivity index (χ2n) is 5.28. The van der Waals surface area contributed by atoms with Gasteiger partial charge in [-0.1, -0.05) is 43.3 Å². The number of aromatic nitrogens is 1. The van der Waals surface area contributed by atoms with E-state index in [1.807, 2.05) is 61.3 Å². The SMILES string of the molecule is CCN(C)[C@@H](C(=O)NCc1cccnc1OC)c1ccccc1. The number of carbonyl (C=O) groups excluding carboxylic acids is 1. The van der Waals surface area contributed by atoms with Gasteiger partial charge in [0.2, 0.25) is 11.8 Å². The van der Waals surface area contributed by atoms with Crippen LogP contribution in [0.3, 0.4) is 0 Å². The van der Waals surface area contributed by atoms with E-state index < -0.39 is 0 Å². The molecule has 0 fully saturated rings. The molecule has 0 saturated carbocycles. The number of nitrogens with one attached hydrogen (secondary N) is 1. The Bertz CT molecular complexity index is 631. The molecule has 1 heterocycles. The van der Waals surface area contributed by atoms with E-state index in [4.69, 9.17) is 4.74 Å². The molecule has 0 aliphatic rings. The van der Waals surface area contributed by atoms with Crippen LogP contribution in [-0.2, 0) is 11.3 Å². The van der Waals surface area contributed by atoms with Crippen molar-refractivity contribution in [1.82, 2.24) is 15.2 Å². The van der Waals surface area contributed by atoms with Crippen LogP contribution in [0.2, 0.25) is 0 Å². The molecule has 0 radical (unpaired) electrons. The summed E-state index contributed by atoms with van der Waals surface area (Å²) in [5, 5.41) is 2.99. The van der Waals surface area contributed by atoms with Gasteiger partial charge in [-0.3, -0.25) is 9.69 Å². The van der Waals surface area contributed by atoms with E-state index in [0.717, 1.165) is 17.7 Å². The first-order chi connectivity index (χ1) is 11.2. The number of rotatable bonds is 7. The molecule has 1 amide bonds. The number of pyridine rings is 1. The summed E-state index contributed by atoms with van der Waals surface area (Å²) in [5.74, 6) is 0.499. The number of benzene rings is 1. The summed E-state index contributed by atoms with van der Waals surface area (Å²) in [5.41, 5.74) is 1.84. The van der Waals surface area contributed by atoms with E-state index in [0.29, 0.717) is 12.4 Å². The zero-order valence-electron chi connectivity index (χ0n) is 13.8. The predicted molar refractivity (Wildman–Crippen MR) is 90.1 cm³/mol. The highest BCUT2D eigenvalue weighted by Gasteiger charge is 2.24. The normalized spacial score (nSPS) is 12.0. The van der Waals surface area contributed by atoms with Gasteiger partial charge < -0.3 is 10.1 Å². The van der Waals surface area contributed by atoms with Crippen LogP contribution in [0, 0.1) is 0 Å². The van der Waals surface area contributed by atoms with Gasteiger partial charge in [0, 0.05) is 18.3 Å². The van der Waals surface area contributed by atoms with Crippen LogP contribution in [0.4, 0.5) is 0 Å². The van der Waals surface area contributed by atoms with E-state index in [1.165, 1.54) is 0 Å². The van der Waals surface area contributed by atoms with Gasteiger partial charge in [0.1, 0.15) is 6.04 Å². The molecule has 0 unspecified atom stereocenters. The Balaban J connectivity index is 2.12. The number of carbonyl (C=O) groups is 1. The Morgan fingerprint density at radius 1 is 1.26 bits per heavy atom. The molecule has 2 rings (SSSR count). The highest BCUT2D eigenvalue weighted by molar-refractivity contribution is 5.83. The summed E-state index contributed by atoms with van der Waals surface area (Å²) in [6, 6.07) is 13.2. The van der Waals surface area contributed by atoms with Crippen molar-refractivity contribution in [1.29, 1.82) is 0 Å². The molecular weight excluding hydrogens is 290 g/mol. The first kappa shape index (κ1) is 17.0. The van der Waals surface area contributed by atoms with Crippen molar-refractivity contribution in [2.45, 2.75) is 19.5 Å². The molecule has 23 heavy (non-hydrogen) atoms. The highest BCUT2D eigenvalue weighted by atomic mass is 16.5. The number of amides is 1. The van der Waals surface area contributed by atoms with Crippen molar-refractivity contribution < 1.29 is 9.53 Å². The van der Waals surface area contributed by atoms with E-state index in [1.54, 1.807) is 13.3 Å². The largest absolute Gasteiger partial charge is 0.481 e. The maximum absolute atomic E-state index is 12.7. The van der Waals surface area contributed by atoms with Gasteiger partial charge in [-0.15, -0.1) is 0 Å². The van der Waals surface area contributed by atoms with Gasteiger partial charge in [-0.05, 0) is 25.2 Å². The standard InChI is InChI=1S/C18H23N3O2/c1-4-21(2)16(14-9-6-5-7-10-14)17(22)20-13-15-11-8-12-19-18(15)23-3/h5-12,16H,4,13H2,1-3H3,(H,20,22)/t16-/m1/s1. The van der Waals surface area contributed by atoms with Crippen molar-refractivity contribution in [3.05, 3.63) is 59.8 Å². The van der Waals surface area contributed by atoms with Gasteiger partial charge in [0.05, 0.1) is 7.11 Å². The van der Waals surface area contributed by atoms with Crippen LogP contribution in [0.1, 0.15) is 24.1 Å². The van der Waals surface area contributed by atoms with Crippen LogP contribution in [0.5, 0.6) is 5.88 Å². The molecule has 1 aromatic carbocycles. The van der Waals surface area contributed by atoms with Gasteiger partial charge >= 0.3 is 0 Å². The summed E-state index contributed by atoms with van der Waals surface area (Å²) < 4.78 is 5.22. The third kappa shape index (κ3) is 4.29. The lowest BCUT2D eigenvalue weighted by molar-refractivity contribution is -0.126. The van der Waals surface area contributed by atoms with Gasteiger partial charge in [0.15, 0.2) is 0 Å². The summed E-state index contributed by atoms with van der Waals surface area (Å²) in [7, 11) is 3.52. The Kier molecular flexibility index (Phi) is 6.11. The molecular formula is C18H23N3O2. The van der Waals surface area contributed by atoms with Gasteiger partial charge in [-0.2, -0.15) is 0 Å². The molecule has 2 aromatic rings. The zero-order chi connectivity index (χ0) is 16.7. The number of likely N-dealkylation sites (N-methyl/N-ethyl adjacent to an activating group) is 1. The van der Waals surface area contributed by atoms with Crippen molar-refractivity contribution >= 4 is 5.91 Å². The summed E-state index contributed by atoms with van der Waals surface area (Å²) in [6.07, 6.45) is 1.67. The molecule has 122 valence electrons. The van der Waals surface area contributed by atoms with E-state index in [2.05, 4.69) is 10.3 Å². The Labute approximate surface area is 137 Å². The minimum Gasteiger partial charge on any atom is -0.481 e. The van der Waals surface area contributed by atoms with Crippen molar-refractivity contribution in [3.63, 3.8) is 0 Å². The molecule has 1 atom stereocenters. The monoisotopic (exact) mass is 313 g/mol. The lowest BCUT2D eigenvalue weighted by atomic mass is 10.0. The van der Waals surface area contributed by atoms with Gasteiger partial charge in [0.25, 0.3) is 0 Å². The summed E-state index contributed by atoms with van der Waals surface area (Å²) in [6.45, 7) is 3.20. The Hall–Kier alpha value is -2.40. The van der Waals surface area contributed by atoms with E-state index in [-0.39, 0.29) is 11.9 Å². The molecule has 0 spiro atoms. The number of methoxy groups -OCH3 is 1. The van der Waals surface area contributed by atoms with Crippen LogP contribution < -0.4 is 10.1 Å². The smallest absolute Gasteiger partial charge is 0.242 e. The molecule has 1 aromatic heterocycles. The fraction of sp³-hybridized carbons (Fsp3) is 0.333. The molecule has 5 heteroatoms. The predicted octanol–water partition coefficient (Wildman–Crippen LogP) is 2.40. The summed E-state index contributed by atoms with van der Waals surface area (Å²) in [4.78, 5) is 18.9. The maximum atomic E-state index is 12.7. The molecule has 0 aliphatic carbocycles. The maximum Gasteiger partial charge on any atom is 0.242 e. The molecule has 0 aliphatic heterocycles. The zero-order valence-corrected chi connectivity index (χ0v) is 13.8. The number of hydrogen-bond donors (Lipinski definition) is 1. The van der Waals surface area contributed by atoms with Crippen molar-refractivity contribution in [2.75, 3.05) is 20.7 Å². The quantitative estimate of drug-likeness (QED) is 0.853. The third-order valence-electron chi connectivity index (χ3n) is 3.80. The van der Waals surface area contributed by atoms with Crippen molar-refractivity contribution in [3.8, 4) is 5.88 Å². The number of ether oxygens (including phenoxy) is 1. The van der Waals surface area contributed by atoms with Crippen LogP contribution in [0.25, 0.3) is 0 Å². The molecule has 0 saturated heterocycles. The minimum absolute atomic E-state index is 0.0357. The first-order valence-electron chi connectivity index (χ1n) is 7.68. The molecule has 5 nitrogen and oxygen atoms in total. The van der Waals surface area contributed by atoms with Gasteiger partial charge in [-0.25, -0.2) is 4.98 Å². The lowest BCUT2D eigenvalue weighted by Crippen LogP contribution is -2.38. The molecule has 0 bridgehead atoms.